The van der Waals surface area contributed by atoms with E-state index < -0.39 is 0 Å². The molecule has 0 radical (unpaired) electrons. The van der Waals surface area contributed by atoms with Crippen LogP contribution in [0.3, 0.4) is 0 Å². The average molecular weight is 238 g/mol. The van der Waals surface area contributed by atoms with Gasteiger partial charge in [-0.05, 0) is 26.8 Å². The second kappa shape index (κ2) is 5.14. The minimum atomic E-state index is 0.294. The van der Waals surface area contributed by atoms with Gasteiger partial charge in [-0.15, -0.1) is 0 Å². The summed E-state index contributed by atoms with van der Waals surface area (Å²) in [5.74, 6) is 1.55. The molecule has 0 atom stereocenters. The Hall–Kier alpha value is -0.940. The van der Waals surface area contributed by atoms with Crippen LogP contribution in [-0.4, -0.2) is 40.7 Å². The Kier molecular flexibility index (Phi) is 3.79. The highest BCUT2D eigenvalue weighted by Crippen LogP contribution is 2.21. The molecular formula is C12H22N4O. The first-order valence-corrected chi connectivity index (χ1v) is 6.38. The predicted molar refractivity (Wildman–Crippen MR) is 65.7 cm³/mol. The Balaban J connectivity index is 1.85. The van der Waals surface area contributed by atoms with Gasteiger partial charge in [0.25, 0.3) is 0 Å². The van der Waals surface area contributed by atoms with E-state index in [1.807, 2.05) is 14.0 Å². The van der Waals surface area contributed by atoms with E-state index in [1.165, 1.54) is 12.8 Å². The summed E-state index contributed by atoms with van der Waals surface area (Å²) in [6.45, 7) is 7.30. The summed E-state index contributed by atoms with van der Waals surface area (Å²) in [6, 6.07) is 0. The standard InChI is InChI=1S/C12H22N4O/c1-4-11-14-10(15-17-11)9-16-7-5-12(2,13-3)6-8-16/h13H,4-9H2,1-3H3. The van der Waals surface area contributed by atoms with Crippen LogP contribution in [0.25, 0.3) is 0 Å². The van der Waals surface area contributed by atoms with Gasteiger partial charge in [0.2, 0.25) is 5.89 Å². The fraction of sp³-hybridized carbons (Fsp3) is 0.833. The third-order valence-corrected chi connectivity index (χ3v) is 3.74. The number of nitrogens with zero attached hydrogens (tertiary/aromatic N) is 3. The Morgan fingerprint density at radius 1 is 1.41 bits per heavy atom. The van der Waals surface area contributed by atoms with Crippen LogP contribution >= 0.6 is 0 Å². The maximum absolute atomic E-state index is 5.12. The lowest BCUT2D eigenvalue weighted by atomic mass is 9.90. The molecule has 1 aromatic rings. The topological polar surface area (TPSA) is 54.2 Å². The quantitative estimate of drug-likeness (QED) is 0.854. The van der Waals surface area contributed by atoms with E-state index in [9.17, 15) is 0 Å². The molecule has 0 unspecified atom stereocenters. The lowest BCUT2D eigenvalue weighted by Crippen LogP contribution is -2.49. The Labute approximate surface area is 103 Å². The van der Waals surface area contributed by atoms with Crippen LogP contribution in [0.4, 0.5) is 0 Å². The normalized spacial score (nSPS) is 20.6. The first kappa shape index (κ1) is 12.5. The van der Waals surface area contributed by atoms with Gasteiger partial charge in [-0.2, -0.15) is 4.98 Å². The van der Waals surface area contributed by atoms with Gasteiger partial charge < -0.3 is 9.84 Å². The van der Waals surface area contributed by atoms with Crippen molar-refractivity contribution in [1.29, 1.82) is 0 Å². The first-order chi connectivity index (χ1) is 8.15. The number of aryl methyl sites for hydroxylation is 1. The Bertz CT molecular complexity index is 355. The summed E-state index contributed by atoms with van der Waals surface area (Å²) in [5.41, 5.74) is 0.294. The molecule has 1 fully saturated rings. The molecule has 0 aromatic carbocycles. The Morgan fingerprint density at radius 2 is 2.12 bits per heavy atom. The SMILES string of the molecule is CCc1nc(CN2CCC(C)(NC)CC2)no1. The summed E-state index contributed by atoms with van der Waals surface area (Å²) >= 11 is 0. The summed E-state index contributed by atoms with van der Waals surface area (Å²) in [4.78, 5) is 6.74. The molecule has 0 bridgehead atoms. The zero-order valence-corrected chi connectivity index (χ0v) is 11.0. The molecule has 1 aliphatic heterocycles. The maximum atomic E-state index is 5.12. The van der Waals surface area contributed by atoms with E-state index in [0.29, 0.717) is 5.54 Å². The van der Waals surface area contributed by atoms with Crippen molar-refractivity contribution in [2.45, 2.75) is 45.2 Å². The second-order valence-electron chi connectivity index (χ2n) is 5.04. The van der Waals surface area contributed by atoms with E-state index in [1.54, 1.807) is 0 Å². The zero-order valence-electron chi connectivity index (χ0n) is 11.0. The van der Waals surface area contributed by atoms with Crippen LogP contribution in [0, 0.1) is 0 Å². The molecule has 17 heavy (non-hydrogen) atoms. The zero-order chi connectivity index (χ0) is 12.3. The van der Waals surface area contributed by atoms with Gasteiger partial charge in [0, 0.05) is 25.0 Å². The van der Waals surface area contributed by atoms with Crippen molar-refractivity contribution in [3.63, 3.8) is 0 Å². The van der Waals surface area contributed by atoms with Crippen molar-refractivity contribution in [2.75, 3.05) is 20.1 Å². The van der Waals surface area contributed by atoms with Crippen molar-refractivity contribution in [2.24, 2.45) is 0 Å². The number of rotatable bonds is 4. The van der Waals surface area contributed by atoms with Crippen LogP contribution in [0.5, 0.6) is 0 Å². The van der Waals surface area contributed by atoms with Crippen molar-refractivity contribution < 1.29 is 4.52 Å². The van der Waals surface area contributed by atoms with Gasteiger partial charge in [0.05, 0.1) is 6.54 Å². The minimum absolute atomic E-state index is 0.294. The number of likely N-dealkylation sites (tertiary alicyclic amines) is 1. The monoisotopic (exact) mass is 238 g/mol. The van der Waals surface area contributed by atoms with Gasteiger partial charge in [-0.3, -0.25) is 4.90 Å². The van der Waals surface area contributed by atoms with Crippen molar-refractivity contribution in [3.8, 4) is 0 Å². The van der Waals surface area contributed by atoms with Crippen LogP contribution in [0.2, 0.25) is 0 Å². The van der Waals surface area contributed by atoms with E-state index in [-0.39, 0.29) is 0 Å². The highest BCUT2D eigenvalue weighted by atomic mass is 16.5. The largest absolute Gasteiger partial charge is 0.339 e. The molecule has 96 valence electrons. The number of piperidine rings is 1. The molecule has 0 aliphatic carbocycles. The van der Waals surface area contributed by atoms with E-state index >= 15 is 0 Å². The number of nitrogens with one attached hydrogen (secondary N) is 1. The summed E-state index contributed by atoms with van der Waals surface area (Å²) in [6.07, 6.45) is 3.15. The Morgan fingerprint density at radius 3 is 2.65 bits per heavy atom. The van der Waals surface area contributed by atoms with E-state index in [2.05, 4.69) is 27.3 Å². The van der Waals surface area contributed by atoms with Crippen molar-refractivity contribution >= 4 is 0 Å². The first-order valence-electron chi connectivity index (χ1n) is 6.38. The molecule has 1 aliphatic rings. The summed E-state index contributed by atoms with van der Waals surface area (Å²) < 4.78 is 5.12. The van der Waals surface area contributed by atoms with Crippen LogP contribution < -0.4 is 5.32 Å². The van der Waals surface area contributed by atoms with Gasteiger partial charge in [0.15, 0.2) is 5.82 Å². The van der Waals surface area contributed by atoms with Crippen LogP contribution in [0.1, 0.15) is 38.4 Å². The smallest absolute Gasteiger partial charge is 0.226 e. The molecule has 1 saturated heterocycles. The maximum Gasteiger partial charge on any atom is 0.226 e. The molecule has 1 aromatic heterocycles. The van der Waals surface area contributed by atoms with Gasteiger partial charge in [0.1, 0.15) is 0 Å². The highest BCUT2D eigenvalue weighted by Gasteiger charge is 2.28. The third kappa shape index (κ3) is 3.04. The van der Waals surface area contributed by atoms with Crippen LogP contribution in [0.15, 0.2) is 4.52 Å². The molecule has 5 heteroatoms. The summed E-state index contributed by atoms with van der Waals surface area (Å²) in [5, 5.41) is 7.40. The minimum Gasteiger partial charge on any atom is -0.339 e. The lowest BCUT2D eigenvalue weighted by Gasteiger charge is -2.38. The molecular weight excluding hydrogens is 216 g/mol. The lowest BCUT2D eigenvalue weighted by molar-refractivity contribution is 0.142. The average Bonchev–Trinajstić information content (AvgIpc) is 2.80. The molecule has 2 heterocycles. The molecule has 5 nitrogen and oxygen atoms in total. The number of hydrogen-bond acceptors (Lipinski definition) is 5. The van der Waals surface area contributed by atoms with E-state index in [0.717, 1.165) is 37.8 Å². The third-order valence-electron chi connectivity index (χ3n) is 3.74. The molecule has 0 amide bonds. The molecule has 0 spiro atoms. The van der Waals surface area contributed by atoms with Gasteiger partial charge >= 0.3 is 0 Å². The predicted octanol–water partition coefficient (Wildman–Crippen LogP) is 1.21. The van der Waals surface area contributed by atoms with Crippen molar-refractivity contribution in [1.82, 2.24) is 20.4 Å². The van der Waals surface area contributed by atoms with Gasteiger partial charge in [-0.25, -0.2) is 0 Å². The van der Waals surface area contributed by atoms with Crippen molar-refractivity contribution in [3.05, 3.63) is 11.7 Å². The molecule has 1 N–H and O–H groups in total. The second-order valence-corrected chi connectivity index (χ2v) is 5.04. The summed E-state index contributed by atoms with van der Waals surface area (Å²) in [7, 11) is 2.04. The number of aromatic nitrogens is 2. The number of hydrogen-bond donors (Lipinski definition) is 1. The molecule has 2 rings (SSSR count). The van der Waals surface area contributed by atoms with Crippen LogP contribution in [-0.2, 0) is 13.0 Å². The fourth-order valence-corrected chi connectivity index (χ4v) is 2.15. The van der Waals surface area contributed by atoms with Gasteiger partial charge in [-0.1, -0.05) is 12.1 Å². The van der Waals surface area contributed by atoms with E-state index in [4.69, 9.17) is 4.52 Å². The highest BCUT2D eigenvalue weighted by molar-refractivity contribution is 4.91. The fourth-order valence-electron chi connectivity index (χ4n) is 2.15. The molecule has 0 saturated carbocycles.